The first-order valence-electron chi connectivity index (χ1n) is 10.0. The van der Waals surface area contributed by atoms with Crippen LogP contribution in [0.15, 0.2) is 54.9 Å². The lowest BCUT2D eigenvalue weighted by Crippen LogP contribution is -2.38. The number of nitrogens with one attached hydrogen (secondary N) is 2. The molecule has 1 aromatic heterocycles. The first-order valence-corrected chi connectivity index (χ1v) is 10.0. The summed E-state index contributed by atoms with van der Waals surface area (Å²) in [7, 11) is 0. The average molecular weight is 380 g/mol. The van der Waals surface area contributed by atoms with Gasteiger partial charge in [0.05, 0.1) is 11.9 Å². The van der Waals surface area contributed by atoms with E-state index in [1.165, 1.54) is 0 Å². The molecular formula is C22H28N4O2. The summed E-state index contributed by atoms with van der Waals surface area (Å²) in [6, 6.07) is 12.9. The van der Waals surface area contributed by atoms with Crippen LogP contribution < -0.4 is 10.6 Å². The van der Waals surface area contributed by atoms with E-state index in [-0.39, 0.29) is 11.9 Å². The van der Waals surface area contributed by atoms with E-state index in [0.29, 0.717) is 18.2 Å². The fraction of sp³-hybridized carbons (Fsp3) is 0.409. The Labute approximate surface area is 166 Å². The summed E-state index contributed by atoms with van der Waals surface area (Å²) >= 11 is 0. The molecule has 28 heavy (non-hydrogen) atoms. The minimum Gasteiger partial charge on any atom is -0.339 e. The first kappa shape index (κ1) is 19.9. The van der Waals surface area contributed by atoms with Crippen LogP contribution in [0.25, 0.3) is 0 Å². The lowest BCUT2D eigenvalue weighted by molar-refractivity contribution is 0.0686. The van der Waals surface area contributed by atoms with E-state index >= 15 is 0 Å². The number of hydrogen-bond acceptors (Lipinski definition) is 3. The van der Waals surface area contributed by atoms with E-state index in [9.17, 15) is 9.59 Å². The van der Waals surface area contributed by atoms with Gasteiger partial charge < -0.3 is 15.5 Å². The zero-order chi connectivity index (χ0) is 19.6. The van der Waals surface area contributed by atoms with Crippen molar-refractivity contribution in [1.82, 2.24) is 15.2 Å². The highest BCUT2D eigenvalue weighted by atomic mass is 16.2. The van der Waals surface area contributed by atoms with Crippen molar-refractivity contribution in [2.24, 2.45) is 5.92 Å². The van der Waals surface area contributed by atoms with Crippen molar-refractivity contribution in [2.45, 2.75) is 32.1 Å². The molecule has 0 atom stereocenters. The highest BCUT2D eigenvalue weighted by molar-refractivity contribution is 5.94. The van der Waals surface area contributed by atoms with E-state index in [0.717, 1.165) is 50.8 Å². The zero-order valence-corrected chi connectivity index (χ0v) is 16.1. The van der Waals surface area contributed by atoms with Gasteiger partial charge in [0.25, 0.3) is 5.91 Å². The molecule has 0 unspecified atom stereocenters. The van der Waals surface area contributed by atoms with Crippen molar-refractivity contribution >= 4 is 17.6 Å². The molecule has 0 aliphatic carbocycles. The fourth-order valence-electron chi connectivity index (χ4n) is 3.56. The summed E-state index contributed by atoms with van der Waals surface area (Å²) in [5.74, 6) is 0.812. The minimum atomic E-state index is -0.194. The van der Waals surface area contributed by atoms with Crippen molar-refractivity contribution in [3.05, 3.63) is 60.4 Å². The van der Waals surface area contributed by atoms with E-state index < -0.39 is 0 Å². The van der Waals surface area contributed by atoms with Crippen LogP contribution in [0.4, 0.5) is 10.5 Å². The number of anilines is 1. The number of rotatable bonds is 7. The van der Waals surface area contributed by atoms with Crippen molar-refractivity contribution in [3.63, 3.8) is 0 Å². The second kappa shape index (κ2) is 10.4. The molecule has 0 radical (unpaired) electrons. The van der Waals surface area contributed by atoms with Gasteiger partial charge in [0.2, 0.25) is 0 Å². The maximum absolute atomic E-state index is 12.5. The van der Waals surface area contributed by atoms with Gasteiger partial charge in [0, 0.05) is 31.4 Å². The molecule has 2 aromatic rings. The van der Waals surface area contributed by atoms with Gasteiger partial charge in [-0.3, -0.25) is 9.78 Å². The Hall–Kier alpha value is -2.89. The molecule has 0 spiro atoms. The Morgan fingerprint density at radius 3 is 2.54 bits per heavy atom. The largest absolute Gasteiger partial charge is 0.339 e. The van der Waals surface area contributed by atoms with Crippen LogP contribution in [0.3, 0.4) is 0 Å². The van der Waals surface area contributed by atoms with Crippen molar-refractivity contribution < 1.29 is 9.59 Å². The number of urea groups is 1. The second-order valence-electron chi connectivity index (χ2n) is 7.22. The molecule has 1 fully saturated rings. The summed E-state index contributed by atoms with van der Waals surface area (Å²) in [6.07, 6.45) is 8.62. The van der Waals surface area contributed by atoms with Crippen molar-refractivity contribution in [2.75, 3.05) is 25.0 Å². The molecule has 3 amide bonds. The van der Waals surface area contributed by atoms with Crippen LogP contribution in [0, 0.1) is 5.92 Å². The number of aromatic nitrogens is 1. The van der Waals surface area contributed by atoms with E-state index in [1.54, 1.807) is 18.5 Å². The Kier molecular flexibility index (Phi) is 7.41. The Balaban J connectivity index is 1.27. The topological polar surface area (TPSA) is 74.3 Å². The van der Waals surface area contributed by atoms with E-state index in [2.05, 4.69) is 15.6 Å². The van der Waals surface area contributed by atoms with Crippen LogP contribution in [0.2, 0.25) is 0 Å². The number of benzene rings is 1. The summed E-state index contributed by atoms with van der Waals surface area (Å²) in [5, 5.41) is 5.64. The highest BCUT2D eigenvalue weighted by Gasteiger charge is 2.23. The molecule has 6 heteroatoms. The number of carbonyl (C=O) groups excluding carboxylic acids is 2. The number of amides is 3. The maximum atomic E-state index is 12.5. The molecule has 2 N–H and O–H groups in total. The monoisotopic (exact) mass is 380 g/mol. The Morgan fingerprint density at radius 2 is 1.82 bits per heavy atom. The van der Waals surface area contributed by atoms with Gasteiger partial charge in [0.15, 0.2) is 0 Å². The fourth-order valence-corrected chi connectivity index (χ4v) is 3.56. The van der Waals surface area contributed by atoms with Crippen LogP contribution >= 0.6 is 0 Å². The van der Waals surface area contributed by atoms with Crippen LogP contribution in [-0.2, 0) is 0 Å². The minimum absolute atomic E-state index is 0.142. The third-order valence-corrected chi connectivity index (χ3v) is 5.17. The Morgan fingerprint density at radius 1 is 1.04 bits per heavy atom. The Bertz CT molecular complexity index is 744. The summed E-state index contributed by atoms with van der Waals surface area (Å²) < 4.78 is 0. The molecule has 2 heterocycles. The first-order chi connectivity index (χ1) is 13.7. The van der Waals surface area contributed by atoms with Gasteiger partial charge in [-0.1, -0.05) is 31.0 Å². The number of carbonyl (C=O) groups is 2. The molecule has 1 aromatic carbocycles. The van der Waals surface area contributed by atoms with Gasteiger partial charge in [0.1, 0.15) is 0 Å². The van der Waals surface area contributed by atoms with Crippen molar-refractivity contribution in [1.29, 1.82) is 0 Å². The quantitative estimate of drug-likeness (QED) is 0.715. The van der Waals surface area contributed by atoms with Gasteiger partial charge in [-0.2, -0.15) is 0 Å². The molecule has 148 valence electrons. The molecule has 0 saturated carbocycles. The highest BCUT2D eigenvalue weighted by Crippen LogP contribution is 2.23. The number of nitrogens with zero attached hydrogens (tertiary/aromatic N) is 2. The van der Waals surface area contributed by atoms with Gasteiger partial charge >= 0.3 is 6.03 Å². The summed E-state index contributed by atoms with van der Waals surface area (Å²) in [5.41, 5.74) is 1.47. The third-order valence-electron chi connectivity index (χ3n) is 5.17. The number of pyridine rings is 1. The van der Waals surface area contributed by atoms with Crippen LogP contribution in [0.1, 0.15) is 42.5 Å². The van der Waals surface area contributed by atoms with Gasteiger partial charge in [-0.05, 0) is 49.4 Å². The smallest absolute Gasteiger partial charge is 0.319 e. The summed E-state index contributed by atoms with van der Waals surface area (Å²) in [4.78, 5) is 30.2. The SMILES string of the molecule is O=C(NCCCCC1CCN(C(=O)c2ccccc2)CC1)Nc1cccnc1. The third kappa shape index (κ3) is 6.08. The number of likely N-dealkylation sites (tertiary alicyclic amines) is 1. The number of hydrogen-bond donors (Lipinski definition) is 2. The van der Waals surface area contributed by atoms with Crippen molar-refractivity contribution in [3.8, 4) is 0 Å². The predicted octanol–water partition coefficient (Wildman–Crippen LogP) is 3.93. The lowest BCUT2D eigenvalue weighted by atomic mass is 9.91. The zero-order valence-electron chi connectivity index (χ0n) is 16.1. The molecule has 3 rings (SSSR count). The molecular weight excluding hydrogens is 352 g/mol. The maximum Gasteiger partial charge on any atom is 0.319 e. The molecule has 0 bridgehead atoms. The van der Waals surface area contributed by atoms with Gasteiger partial charge in [-0.25, -0.2) is 4.79 Å². The number of piperidine rings is 1. The second-order valence-corrected chi connectivity index (χ2v) is 7.22. The predicted molar refractivity (Wildman–Crippen MR) is 110 cm³/mol. The molecule has 1 saturated heterocycles. The average Bonchev–Trinajstić information content (AvgIpc) is 2.75. The van der Waals surface area contributed by atoms with Crippen LogP contribution in [0.5, 0.6) is 0 Å². The van der Waals surface area contributed by atoms with E-state index in [1.807, 2.05) is 41.3 Å². The molecule has 1 aliphatic rings. The van der Waals surface area contributed by atoms with E-state index in [4.69, 9.17) is 0 Å². The number of unbranched alkanes of at least 4 members (excludes halogenated alkanes) is 1. The van der Waals surface area contributed by atoms with Crippen LogP contribution in [-0.4, -0.2) is 41.5 Å². The molecule has 1 aliphatic heterocycles. The lowest BCUT2D eigenvalue weighted by Gasteiger charge is -2.32. The summed E-state index contributed by atoms with van der Waals surface area (Å²) in [6.45, 7) is 2.34. The normalized spacial score (nSPS) is 14.5. The standard InChI is InChI=1S/C22H28N4O2/c27-21(19-8-2-1-3-9-19)26-15-11-18(12-16-26)7-4-5-14-24-22(28)25-20-10-6-13-23-17-20/h1-3,6,8-10,13,17-18H,4-5,7,11-12,14-16H2,(H2,24,25,28). The molecule has 6 nitrogen and oxygen atoms in total. The van der Waals surface area contributed by atoms with Gasteiger partial charge in [-0.15, -0.1) is 0 Å².